The Labute approximate surface area is 142 Å². The summed E-state index contributed by atoms with van der Waals surface area (Å²) in [7, 11) is 0. The van der Waals surface area contributed by atoms with Crippen LogP contribution in [0.25, 0.3) is 10.7 Å². The van der Waals surface area contributed by atoms with E-state index in [0.717, 1.165) is 21.4 Å². The lowest BCUT2D eigenvalue weighted by atomic mass is 10.2. The summed E-state index contributed by atoms with van der Waals surface area (Å²) in [5, 5.41) is 29.9. The minimum Gasteiger partial charge on any atom is -0.394 e. The van der Waals surface area contributed by atoms with E-state index >= 15 is 0 Å². The molecule has 5 nitrogen and oxygen atoms in total. The van der Waals surface area contributed by atoms with Crippen LogP contribution >= 0.6 is 23.1 Å². The Morgan fingerprint density at radius 1 is 1.13 bits per heavy atom. The first-order chi connectivity index (χ1) is 11.3. The molecule has 0 spiro atoms. The van der Waals surface area contributed by atoms with Gasteiger partial charge in [-0.25, -0.2) is 0 Å². The monoisotopic (exact) mass is 347 g/mol. The first kappa shape index (κ1) is 16.2. The molecule has 2 N–H and O–H groups in total. The van der Waals surface area contributed by atoms with Crippen LogP contribution in [0.15, 0.2) is 53.0 Å². The Morgan fingerprint density at radius 3 is 2.65 bits per heavy atom. The van der Waals surface area contributed by atoms with Crippen molar-refractivity contribution in [2.24, 2.45) is 0 Å². The maximum Gasteiger partial charge on any atom is 0.191 e. The minimum atomic E-state index is -0.757. The van der Waals surface area contributed by atoms with Gasteiger partial charge >= 0.3 is 0 Å². The fourth-order valence-corrected chi connectivity index (χ4v) is 3.69. The number of nitrogens with zero attached hydrogens (tertiary/aromatic N) is 3. The normalized spacial score (nSPS) is 12.4. The van der Waals surface area contributed by atoms with Gasteiger partial charge in [-0.15, -0.1) is 21.5 Å². The van der Waals surface area contributed by atoms with E-state index in [4.69, 9.17) is 5.11 Å². The summed E-state index contributed by atoms with van der Waals surface area (Å²) >= 11 is 3.02. The third kappa shape index (κ3) is 4.00. The predicted octanol–water partition coefficient (Wildman–Crippen LogP) is 2.50. The molecule has 0 fully saturated rings. The Bertz CT molecular complexity index is 729. The molecule has 0 saturated heterocycles. The summed E-state index contributed by atoms with van der Waals surface area (Å²) in [4.78, 5) is 1.06. The van der Waals surface area contributed by atoms with Gasteiger partial charge in [0.1, 0.15) is 0 Å². The number of aliphatic hydroxyl groups is 2. The molecule has 7 heteroatoms. The van der Waals surface area contributed by atoms with Crippen LogP contribution in [0.1, 0.15) is 5.56 Å². The lowest BCUT2D eigenvalue weighted by molar-refractivity contribution is 0.113. The van der Waals surface area contributed by atoms with Gasteiger partial charge in [0.2, 0.25) is 0 Å². The average molecular weight is 347 g/mol. The molecule has 2 heterocycles. The van der Waals surface area contributed by atoms with E-state index < -0.39 is 6.10 Å². The molecule has 0 aliphatic carbocycles. The third-order valence-electron chi connectivity index (χ3n) is 3.26. The number of hydrogen-bond donors (Lipinski definition) is 2. The van der Waals surface area contributed by atoms with Crippen LogP contribution in [0.2, 0.25) is 0 Å². The number of aliphatic hydroxyl groups excluding tert-OH is 2. The number of hydrogen-bond acceptors (Lipinski definition) is 6. The third-order valence-corrected chi connectivity index (χ3v) is 5.23. The highest BCUT2D eigenvalue weighted by Gasteiger charge is 2.16. The second kappa shape index (κ2) is 7.74. The highest BCUT2D eigenvalue weighted by atomic mass is 32.2. The zero-order valence-corrected chi connectivity index (χ0v) is 14.0. The first-order valence-corrected chi connectivity index (χ1v) is 9.07. The van der Waals surface area contributed by atoms with E-state index in [2.05, 4.69) is 26.9 Å². The van der Waals surface area contributed by atoms with E-state index in [-0.39, 0.29) is 6.61 Å². The van der Waals surface area contributed by atoms with E-state index in [1.807, 2.05) is 35.7 Å². The minimum absolute atomic E-state index is 0.252. The van der Waals surface area contributed by atoms with Gasteiger partial charge in [-0.2, -0.15) is 0 Å². The quantitative estimate of drug-likeness (QED) is 0.643. The fraction of sp³-hybridized carbons (Fsp3) is 0.250. The molecule has 0 bridgehead atoms. The molecule has 0 aliphatic heterocycles. The van der Waals surface area contributed by atoms with Crippen LogP contribution in [-0.2, 0) is 6.54 Å². The number of rotatable bonds is 7. The van der Waals surface area contributed by atoms with Crippen LogP contribution in [0.4, 0.5) is 0 Å². The summed E-state index contributed by atoms with van der Waals surface area (Å²) in [5.41, 5.74) is 1.16. The molecular weight excluding hydrogens is 330 g/mol. The summed E-state index contributed by atoms with van der Waals surface area (Å²) in [6, 6.07) is 14.1. The topological polar surface area (TPSA) is 71.2 Å². The largest absolute Gasteiger partial charge is 0.394 e. The van der Waals surface area contributed by atoms with E-state index in [1.54, 1.807) is 11.3 Å². The highest BCUT2D eigenvalue weighted by Crippen LogP contribution is 2.28. The van der Waals surface area contributed by atoms with Crippen molar-refractivity contribution >= 4 is 23.1 Å². The van der Waals surface area contributed by atoms with Gasteiger partial charge in [-0.05, 0) is 17.0 Å². The molecule has 1 unspecified atom stereocenters. The zero-order chi connectivity index (χ0) is 16.1. The van der Waals surface area contributed by atoms with Gasteiger partial charge in [0.25, 0.3) is 0 Å². The molecule has 0 saturated carbocycles. The van der Waals surface area contributed by atoms with Crippen LogP contribution < -0.4 is 0 Å². The smallest absolute Gasteiger partial charge is 0.191 e. The Morgan fingerprint density at radius 2 is 1.96 bits per heavy atom. The molecular formula is C16H17N3O2S2. The zero-order valence-electron chi connectivity index (χ0n) is 12.4. The van der Waals surface area contributed by atoms with Gasteiger partial charge in [0, 0.05) is 5.75 Å². The van der Waals surface area contributed by atoms with Crippen LogP contribution in [0.3, 0.4) is 0 Å². The van der Waals surface area contributed by atoms with Crippen molar-refractivity contribution in [1.29, 1.82) is 0 Å². The van der Waals surface area contributed by atoms with Crippen molar-refractivity contribution in [3.05, 3.63) is 53.4 Å². The summed E-state index contributed by atoms with van der Waals surface area (Å²) in [5.74, 6) is 1.21. The maximum absolute atomic E-state index is 9.56. The second-order valence-electron chi connectivity index (χ2n) is 5.00. The van der Waals surface area contributed by atoms with Crippen molar-refractivity contribution < 1.29 is 10.2 Å². The van der Waals surface area contributed by atoms with Crippen molar-refractivity contribution in [2.45, 2.75) is 17.8 Å². The Balaban J connectivity index is 1.90. The van der Waals surface area contributed by atoms with E-state index in [9.17, 15) is 5.11 Å². The van der Waals surface area contributed by atoms with Crippen LogP contribution in [-0.4, -0.2) is 43.4 Å². The number of thiophene rings is 1. The maximum atomic E-state index is 9.56. The molecule has 23 heavy (non-hydrogen) atoms. The summed E-state index contributed by atoms with van der Waals surface area (Å²) in [6.45, 7) is 0.413. The van der Waals surface area contributed by atoms with Crippen molar-refractivity contribution in [3.63, 3.8) is 0 Å². The fourth-order valence-electron chi connectivity index (χ4n) is 2.12. The van der Waals surface area contributed by atoms with E-state index in [1.165, 1.54) is 11.8 Å². The van der Waals surface area contributed by atoms with Gasteiger partial charge in [-0.1, -0.05) is 48.2 Å². The lowest BCUT2D eigenvalue weighted by Gasteiger charge is -2.11. The van der Waals surface area contributed by atoms with Gasteiger partial charge in [0.05, 0.1) is 24.1 Å². The van der Waals surface area contributed by atoms with Crippen molar-refractivity contribution in [2.75, 3.05) is 12.4 Å². The molecule has 1 atom stereocenters. The first-order valence-electron chi connectivity index (χ1n) is 7.20. The number of aromatic nitrogens is 3. The van der Waals surface area contributed by atoms with Crippen LogP contribution in [0, 0.1) is 0 Å². The average Bonchev–Trinajstić information content (AvgIpc) is 3.23. The standard InChI is InChI=1S/C16H17N3O2S2/c20-10-13(21)11-23-16-18-17-15(14-7-4-8-22-14)19(16)9-12-5-2-1-3-6-12/h1-8,13,20-21H,9-11H2. The molecule has 0 radical (unpaired) electrons. The van der Waals surface area contributed by atoms with Gasteiger partial charge in [0.15, 0.2) is 11.0 Å². The Hall–Kier alpha value is -1.67. The summed E-state index contributed by atoms with van der Waals surface area (Å²) in [6.07, 6.45) is -0.757. The molecule has 3 aromatic rings. The van der Waals surface area contributed by atoms with Gasteiger partial charge in [-0.3, -0.25) is 4.57 Å². The molecule has 3 rings (SSSR count). The summed E-state index contributed by atoms with van der Waals surface area (Å²) < 4.78 is 2.05. The predicted molar refractivity (Wildman–Crippen MR) is 92.7 cm³/mol. The SMILES string of the molecule is OCC(O)CSc1nnc(-c2cccs2)n1Cc1ccccc1. The van der Waals surface area contributed by atoms with Crippen LogP contribution in [0.5, 0.6) is 0 Å². The highest BCUT2D eigenvalue weighted by molar-refractivity contribution is 7.99. The second-order valence-corrected chi connectivity index (χ2v) is 6.94. The van der Waals surface area contributed by atoms with Crippen molar-refractivity contribution in [3.8, 4) is 10.7 Å². The molecule has 2 aromatic heterocycles. The molecule has 0 amide bonds. The van der Waals surface area contributed by atoms with Gasteiger partial charge < -0.3 is 10.2 Å². The molecule has 120 valence electrons. The Kier molecular flexibility index (Phi) is 5.45. The lowest BCUT2D eigenvalue weighted by Crippen LogP contribution is -2.15. The van der Waals surface area contributed by atoms with Crippen molar-refractivity contribution in [1.82, 2.24) is 14.8 Å². The number of thioether (sulfide) groups is 1. The van der Waals surface area contributed by atoms with E-state index in [0.29, 0.717) is 12.3 Å². The molecule has 0 aliphatic rings. The number of benzene rings is 1. The molecule has 1 aromatic carbocycles.